The Bertz CT molecular complexity index is 323. The molecule has 0 unspecified atom stereocenters. The lowest BCUT2D eigenvalue weighted by Gasteiger charge is -2.01. The van der Waals surface area contributed by atoms with Crippen molar-refractivity contribution in [2.75, 3.05) is 0 Å². The van der Waals surface area contributed by atoms with Crippen molar-refractivity contribution in [2.45, 2.75) is 55.7 Å². The van der Waals surface area contributed by atoms with Crippen LogP contribution in [0.5, 0.6) is 0 Å². The molecule has 0 atom stereocenters. The summed E-state index contributed by atoms with van der Waals surface area (Å²) in [5.41, 5.74) is 0. The maximum Gasteiger partial charge on any atom is 0.278 e. The largest absolute Gasteiger partial charge is 0.335 e. The van der Waals surface area contributed by atoms with E-state index in [1.54, 1.807) is 0 Å². The van der Waals surface area contributed by atoms with Gasteiger partial charge in [-0.1, -0.05) is 79.0 Å². The number of aryl methyl sites for hydroxylation is 1. The van der Waals surface area contributed by atoms with E-state index >= 15 is 0 Å². The molecule has 1 aromatic rings. The molecule has 0 N–H and O–H groups in total. The smallest absolute Gasteiger partial charge is 0.278 e. The third-order valence-electron chi connectivity index (χ3n) is 2.46. The van der Waals surface area contributed by atoms with Gasteiger partial charge in [-0.15, -0.1) is 0 Å². The summed E-state index contributed by atoms with van der Waals surface area (Å²) in [6.45, 7) is 2.21. The summed E-state index contributed by atoms with van der Waals surface area (Å²) in [5.74, 6) is 0.658. The number of halogens is 3. The molecule has 0 bridgehead atoms. The highest BCUT2D eigenvalue weighted by Crippen LogP contribution is 2.36. The van der Waals surface area contributed by atoms with Crippen LogP contribution in [0, 0.1) is 0 Å². The molecule has 0 fully saturated rings. The lowest BCUT2D eigenvalue weighted by molar-refractivity contribution is 0.376. The van der Waals surface area contributed by atoms with Gasteiger partial charge >= 0.3 is 0 Å². The Balaban J connectivity index is 2.21. The average molecular weight is 300 g/mol. The monoisotopic (exact) mass is 298 g/mol. The number of unbranched alkanes of at least 4 members (excludes halogenated alkanes) is 5. The van der Waals surface area contributed by atoms with E-state index in [9.17, 15) is 0 Å². The number of rotatable bonds is 7. The summed E-state index contributed by atoms with van der Waals surface area (Å²) >= 11 is 16.9. The molecule has 0 aromatic carbocycles. The molecule has 0 aliphatic rings. The summed E-state index contributed by atoms with van der Waals surface area (Å²) in [5, 5.41) is 3.78. The van der Waals surface area contributed by atoms with Crippen LogP contribution in [0.15, 0.2) is 4.52 Å². The molecule has 17 heavy (non-hydrogen) atoms. The molecule has 3 nitrogen and oxygen atoms in total. The van der Waals surface area contributed by atoms with Gasteiger partial charge in [-0.25, -0.2) is 0 Å². The fraction of sp³-hybridized carbons (Fsp3) is 0.818. The van der Waals surface area contributed by atoms with Crippen molar-refractivity contribution in [2.24, 2.45) is 0 Å². The first kappa shape index (κ1) is 15.1. The maximum absolute atomic E-state index is 5.63. The third kappa shape index (κ3) is 5.94. The number of hydrogen-bond acceptors (Lipinski definition) is 3. The molecule has 98 valence electrons. The van der Waals surface area contributed by atoms with Gasteiger partial charge < -0.3 is 4.52 Å². The van der Waals surface area contributed by atoms with E-state index in [1.807, 2.05) is 0 Å². The molecule has 0 radical (unpaired) electrons. The Morgan fingerprint density at radius 3 is 2.29 bits per heavy atom. The topological polar surface area (TPSA) is 38.9 Å². The van der Waals surface area contributed by atoms with E-state index in [0.717, 1.165) is 12.8 Å². The van der Waals surface area contributed by atoms with Gasteiger partial charge in [-0.3, -0.25) is 0 Å². The quantitative estimate of drug-likeness (QED) is 0.536. The van der Waals surface area contributed by atoms with Crippen LogP contribution in [-0.2, 0) is 10.2 Å². The van der Waals surface area contributed by atoms with Gasteiger partial charge in [0.25, 0.3) is 9.68 Å². The minimum Gasteiger partial charge on any atom is -0.335 e. The summed E-state index contributed by atoms with van der Waals surface area (Å²) < 4.78 is 3.25. The molecule has 0 saturated heterocycles. The standard InChI is InChI=1S/C11H17Cl3N2O/c1-2-3-4-5-6-7-8-9-15-10(17-16-9)11(12,13)14/h2-8H2,1H3. The van der Waals surface area contributed by atoms with Crippen molar-refractivity contribution in [3.8, 4) is 0 Å². The minimum atomic E-state index is -1.62. The molecule has 0 saturated carbocycles. The molecule has 0 spiro atoms. The van der Waals surface area contributed by atoms with Crippen LogP contribution in [0.1, 0.15) is 57.2 Å². The molecule has 1 aromatic heterocycles. The first-order valence-electron chi connectivity index (χ1n) is 5.94. The summed E-state index contributed by atoms with van der Waals surface area (Å²) in [7, 11) is 0. The van der Waals surface area contributed by atoms with Gasteiger partial charge in [-0.05, 0) is 6.42 Å². The molecule has 1 heterocycles. The predicted octanol–water partition coefficient (Wildman–Crippen LogP) is 4.80. The SMILES string of the molecule is CCCCCCCCc1noc(C(Cl)(Cl)Cl)n1. The second-order valence-electron chi connectivity index (χ2n) is 4.03. The Morgan fingerprint density at radius 1 is 1.06 bits per heavy atom. The van der Waals surface area contributed by atoms with Crippen molar-refractivity contribution in [1.82, 2.24) is 10.1 Å². The molecular weight excluding hydrogens is 282 g/mol. The second-order valence-corrected chi connectivity index (χ2v) is 6.31. The fourth-order valence-electron chi connectivity index (χ4n) is 1.53. The first-order valence-corrected chi connectivity index (χ1v) is 7.07. The highest BCUT2D eigenvalue weighted by molar-refractivity contribution is 6.66. The van der Waals surface area contributed by atoms with E-state index in [1.165, 1.54) is 32.1 Å². The van der Waals surface area contributed by atoms with Gasteiger partial charge in [0.1, 0.15) is 0 Å². The number of nitrogens with zero attached hydrogens (tertiary/aromatic N) is 2. The van der Waals surface area contributed by atoms with Crippen LogP contribution in [0.4, 0.5) is 0 Å². The van der Waals surface area contributed by atoms with Crippen LogP contribution >= 0.6 is 34.8 Å². The minimum absolute atomic E-state index is 0.0449. The lowest BCUT2D eigenvalue weighted by Crippen LogP contribution is -2.00. The molecule has 6 heteroatoms. The zero-order chi connectivity index (χ0) is 12.7. The molecule has 0 aliphatic carbocycles. The van der Waals surface area contributed by atoms with Crippen molar-refractivity contribution in [1.29, 1.82) is 0 Å². The Morgan fingerprint density at radius 2 is 1.71 bits per heavy atom. The second kappa shape index (κ2) is 7.45. The summed E-state index contributed by atoms with van der Waals surface area (Å²) in [6, 6.07) is 0. The summed E-state index contributed by atoms with van der Waals surface area (Å²) in [6.07, 6.45) is 8.11. The van der Waals surface area contributed by atoms with Gasteiger partial charge in [0, 0.05) is 6.42 Å². The van der Waals surface area contributed by atoms with Crippen molar-refractivity contribution in [3.63, 3.8) is 0 Å². The Labute approximate surface area is 117 Å². The van der Waals surface area contributed by atoms with Crippen molar-refractivity contribution in [3.05, 3.63) is 11.7 Å². The van der Waals surface area contributed by atoms with Crippen molar-refractivity contribution >= 4 is 34.8 Å². The van der Waals surface area contributed by atoms with Crippen LogP contribution in [0.25, 0.3) is 0 Å². The average Bonchev–Trinajstić information content (AvgIpc) is 2.71. The maximum atomic E-state index is 5.63. The molecule has 0 aliphatic heterocycles. The summed E-state index contributed by atoms with van der Waals surface area (Å²) in [4.78, 5) is 4.04. The van der Waals surface area contributed by atoms with Crippen molar-refractivity contribution < 1.29 is 4.52 Å². The lowest BCUT2D eigenvalue weighted by atomic mass is 10.1. The van der Waals surface area contributed by atoms with Crippen LogP contribution in [0.2, 0.25) is 0 Å². The van der Waals surface area contributed by atoms with Gasteiger partial charge in [0.2, 0.25) is 0 Å². The first-order chi connectivity index (χ1) is 8.04. The predicted molar refractivity (Wildman–Crippen MR) is 70.6 cm³/mol. The zero-order valence-corrected chi connectivity index (χ0v) is 12.2. The molecule has 0 amide bonds. The zero-order valence-electron chi connectivity index (χ0n) is 9.89. The van der Waals surface area contributed by atoms with Gasteiger partial charge in [0.15, 0.2) is 5.82 Å². The number of aromatic nitrogens is 2. The highest BCUT2D eigenvalue weighted by Gasteiger charge is 2.30. The number of alkyl halides is 3. The molecular formula is C11H17Cl3N2O. The normalized spacial score (nSPS) is 12.0. The van der Waals surface area contributed by atoms with E-state index in [0.29, 0.717) is 5.82 Å². The van der Waals surface area contributed by atoms with E-state index in [4.69, 9.17) is 39.3 Å². The third-order valence-corrected chi connectivity index (χ3v) is 2.95. The Kier molecular flexibility index (Phi) is 6.60. The van der Waals surface area contributed by atoms with Crippen LogP contribution in [0.3, 0.4) is 0 Å². The van der Waals surface area contributed by atoms with E-state index < -0.39 is 3.79 Å². The molecule has 1 rings (SSSR count). The van der Waals surface area contributed by atoms with Crippen LogP contribution < -0.4 is 0 Å². The van der Waals surface area contributed by atoms with Gasteiger partial charge in [0.05, 0.1) is 0 Å². The fourth-order valence-corrected chi connectivity index (χ4v) is 1.76. The van der Waals surface area contributed by atoms with E-state index in [-0.39, 0.29) is 5.89 Å². The van der Waals surface area contributed by atoms with E-state index in [2.05, 4.69) is 17.1 Å². The highest BCUT2D eigenvalue weighted by atomic mass is 35.6. The van der Waals surface area contributed by atoms with Gasteiger partial charge in [-0.2, -0.15) is 4.98 Å². The number of hydrogen-bond donors (Lipinski definition) is 0. The Hall–Kier alpha value is 0.01000. The van der Waals surface area contributed by atoms with Crippen LogP contribution in [-0.4, -0.2) is 10.1 Å².